The molecule has 2 aromatic carbocycles. The first-order valence-electron chi connectivity index (χ1n) is 11.9. The van der Waals surface area contributed by atoms with E-state index in [4.69, 9.17) is 4.74 Å². The van der Waals surface area contributed by atoms with Crippen LogP contribution in [0, 0.1) is 18.3 Å². The number of pyridine rings is 1. The van der Waals surface area contributed by atoms with Gasteiger partial charge in [0, 0.05) is 30.3 Å². The monoisotopic (exact) mass is 467 g/mol. The zero-order chi connectivity index (χ0) is 24.6. The summed E-state index contributed by atoms with van der Waals surface area (Å²) in [5.74, 6) is 0.713. The Morgan fingerprint density at radius 3 is 2.71 bits per heavy atom. The standard InChI is InChI=1S/C28H29N5O2/c1-18-23(28(3)15-27(34)33(19(2)32-28)20-11-13-35-14-12-20)8-6-10-24(18)31-26-17-30-25-9-5-4-7-21(25)22(26)16-29/h4-10,17,20,31-32H,2,11-15H2,1,3H3/t28-/m0/s1. The van der Waals surface area contributed by atoms with E-state index in [1.54, 1.807) is 6.20 Å². The van der Waals surface area contributed by atoms with Crippen LogP contribution in [0.5, 0.6) is 0 Å². The first-order valence-corrected chi connectivity index (χ1v) is 11.9. The Bertz CT molecular complexity index is 1340. The number of nitriles is 1. The normalized spacial score (nSPS) is 21.0. The van der Waals surface area contributed by atoms with Crippen LogP contribution in [0.4, 0.5) is 11.4 Å². The number of benzene rings is 2. The Morgan fingerprint density at radius 2 is 1.97 bits per heavy atom. The molecule has 1 amide bonds. The molecule has 0 spiro atoms. The average Bonchev–Trinajstić information content (AvgIpc) is 2.85. The van der Waals surface area contributed by atoms with Gasteiger partial charge < -0.3 is 15.4 Å². The lowest BCUT2D eigenvalue weighted by atomic mass is 9.82. The average molecular weight is 468 g/mol. The molecule has 0 radical (unpaired) electrons. The van der Waals surface area contributed by atoms with Crippen LogP contribution in [0.15, 0.2) is 61.1 Å². The highest BCUT2D eigenvalue weighted by Gasteiger charge is 2.42. The zero-order valence-corrected chi connectivity index (χ0v) is 20.1. The van der Waals surface area contributed by atoms with E-state index in [1.807, 2.05) is 61.2 Å². The van der Waals surface area contributed by atoms with Crippen molar-refractivity contribution in [1.29, 1.82) is 5.26 Å². The van der Waals surface area contributed by atoms with Crippen molar-refractivity contribution in [2.24, 2.45) is 0 Å². The SMILES string of the molecule is C=C1N[C@](C)(c2cccc(Nc3cnc4ccccc4c3C#N)c2C)CC(=O)N1C1CCOCC1. The summed E-state index contributed by atoms with van der Waals surface area (Å²) in [6, 6.07) is 16.1. The Kier molecular flexibility index (Phi) is 5.91. The Balaban J connectivity index is 1.45. The summed E-state index contributed by atoms with van der Waals surface area (Å²) in [5, 5.41) is 17.6. The fourth-order valence-corrected chi connectivity index (χ4v) is 5.36. The van der Waals surface area contributed by atoms with E-state index in [2.05, 4.69) is 28.3 Å². The van der Waals surface area contributed by atoms with Crippen LogP contribution in [-0.2, 0) is 15.1 Å². The van der Waals surface area contributed by atoms with Crippen molar-refractivity contribution >= 4 is 28.2 Å². The number of fused-ring (bicyclic) bond motifs is 1. The van der Waals surface area contributed by atoms with Crippen molar-refractivity contribution in [3.8, 4) is 6.07 Å². The van der Waals surface area contributed by atoms with Crippen molar-refractivity contribution in [3.05, 3.63) is 77.8 Å². The summed E-state index contributed by atoms with van der Waals surface area (Å²) in [5.41, 5.74) is 4.26. The van der Waals surface area contributed by atoms with Gasteiger partial charge in [0.15, 0.2) is 0 Å². The predicted molar refractivity (Wildman–Crippen MR) is 136 cm³/mol. The van der Waals surface area contributed by atoms with Gasteiger partial charge in [-0.2, -0.15) is 5.26 Å². The molecule has 0 aliphatic carbocycles. The van der Waals surface area contributed by atoms with Crippen molar-refractivity contribution in [3.63, 3.8) is 0 Å². The highest BCUT2D eigenvalue weighted by molar-refractivity contribution is 5.90. The lowest BCUT2D eigenvalue weighted by molar-refractivity contribution is -0.137. The van der Waals surface area contributed by atoms with Gasteiger partial charge in [-0.05, 0) is 49.9 Å². The van der Waals surface area contributed by atoms with Crippen molar-refractivity contribution < 1.29 is 9.53 Å². The molecule has 2 N–H and O–H groups in total. The number of carbonyl (C=O) groups is 1. The van der Waals surface area contributed by atoms with Crippen molar-refractivity contribution in [1.82, 2.24) is 15.2 Å². The molecule has 2 aliphatic heterocycles. The summed E-state index contributed by atoms with van der Waals surface area (Å²) in [4.78, 5) is 19.7. The van der Waals surface area contributed by atoms with Crippen LogP contribution in [0.3, 0.4) is 0 Å². The molecule has 35 heavy (non-hydrogen) atoms. The first kappa shape index (κ1) is 22.9. The van der Waals surface area contributed by atoms with Crippen LogP contribution in [0.2, 0.25) is 0 Å². The molecule has 0 unspecified atom stereocenters. The van der Waals surface area contributed by atoms with E-state index in [9.17, 15) is 10.1 Å². The Hall–Kier alpha value is -3.89. The third-order valence-corrected chi connectivity index (χ3v) is 7.13. The van der Waals surface area contributed by atoms with E-state index in [0.717, 1.165) is 40.6 Å². The fourth-order valence-electron chi connectivity index (χ4n) is 5.36. The molecule has 1 atom stereocenters. The maximum Gasteiger partial charge on any atom is 0.231 e. The molecular formula is C28H29N5O2. The largest absolute Gasteiger partial charge is 0.381 e. The summed E-state index contributed by atoms with van der Waals surface area (Å²) in [6.45, 7) is 9.61. The summed E-state index contributed by atoms with van der Waals surface area (Å²) < 4.78 is 5.47. The number of nitrogens with one attached hydrogen (secondary N) is 2. The second kappa shape index (κ2) is 9.05. The molecule has 2 aliphatic rings. The van der Waals surface area contributed by atoms with Crippen molar-refractivity contribution in [2.75, 3.05) is 18.5 Å². The number of carbonyl (C=O) groups excluding carboxylic acids is 1. The van der Waals surface area contributed by atoms with Gasteiger partial charge in [-0.15, -0.1) is 0 Å². The minimum atomic E-state index is -0.600. The molecule has 2 saturated heterocycles. The predicted octanol–water partition coefficient (Wildman–Crippen LogP) is 4.85. The van der Waals surface area contributed by atoms with Crippen LogP contribution >= 0.6 is 0 Å². The van der Waals surface area contributed by atoms with Gasteiger partial charge >= 0.3 is 0 Å². The summed E-state index contributed by atoms with van der Waals surface area (Å²) in [6.07, 6.45) is 3.67. The van der Waals surface area contributed by atoms with Crippen LogP contribution < -0.4 is 10.6 Å². The number of hydrogen-bond donors (Lipinski definition) is 2. The van der Waals surface area contributed by atoms with Gasteiger partial charge in [0.05, 0.1) is 34.9 Å². The number of hydrogen-bond acceptors (Lipinski definition) is 6. The lowest BCUT2D eigenvalue weighted by Gasteiger charge is -2.46. The molecule has 7 heteroatoms. The molecular weight excluding hydrogens is 438 g/mol. The second-order valence-electron chi connectivity index (χ2n) is 9.47. The minimum Gasteiger partial charge on any atom is -0.381 e. The number of amides is 1. The first-order chi connectivity index (χ1) is 16.9. The molecule has 3 heterocycles. The zero-order valence-electron chi connectivity index (χ0n) is 20.1. The highest BCUT2D eigenvalue weighted by atomic mass is 16.5. The highest BCUT2D eigenvalue weighted by Crippen LogP contribution is 2.38. The third kappa shape index (κ3) is 4.11. The third-order valence-electron chi connectivity index (χ3n) is 7.13. The second-order valence-corrected chi connectivity index (χ2v) is 9.47. The van der Waals surface area contributed by atoms with Crippen LogP contribution in [-0.4, -0.2) is 35.0 Å². The maximum absolute atomic E-state index is 13.3. The minimum absolute atomic E-state index is 0.0754. The molecule has 7 nitrogen and oxygen atoms in total. The van der Waals surface area contributed by atoms with E-state index in [0.29, 0.717) is 36.7 Å². The molecule has 2 fully saturated rings. The van der Waals surface area contributed by atoms with E-state index < -0.39 is 5.54 Å². The number of ether oxygens (including phenoxy) is 1. The van der Waals surface area contributed by atoms with Gasteiger partial charge in [0.1, 0.15) is 11.9 Å². The molecule has 1 aromatic heterocycles. The lowest BCUT2D eigenvalue weighted by Crippen LogP contribution is -2.57. The quantitative estimate of drug-likeness (QED) is 0.570. The van der Waals surface area contributed by atoms with Gasteiger partial charge in [0.2, 0.25) is 5.91 Å². The van der Waals surface area contributed by atoms with E-state index in [1.165, 1.54) is 0 Å². The van der Waals surface area contributed by atoms with Crippen LogP contribution in [0.1, 0.15) is 42.9 Å². The maximum atomic E-state index is 13.3. The number of aromatic nitrogens is 1. The molecule has 178 valence electrons. The summed E-state index contributed by atoms with van der Waals surface area (Å²) >= 11 is 0. The van der Waals surface area contributed by atoms with Crippen molar-refractivity contribution in [2.45, 2.75) is 44.7 Å². The van der Waals surface area contributed by atoms with E-state index >= 15 is 0 Å². The smallest absolute Gasteiger partial charge is 0.231 e. The van der Waals surface area contributed by atoms with Gasteiger partial charge in [-0.1, -0.05) is 36.9 Å². The number of rotatable bonds is 4. The number of anilines is 2. The Morgan fingerprint density at radius 1 is 1.20 bits per heavy atom. The number of nitrogens with zero attached hydrogens (tertiary/aromatic N) is 3. The number of para-hydroxylation sites is 1. The molecule has 0 bridgehead atoms. The molecule has 5 rings (SSSR count). The van der Waals surface area contributed by atoms with Crippen LogP contribution in [0.25, 0.3) is 10.9 Å². The molecule has 3 aromatic rings. The fraction of sp³-hybridized carbons (Fsp3) is 0.321. The summed E-state index contributed by atoms with van der Waals surface area (Å²) in [7, 11) is 0. The Labute approximate surface area is 205 Å². The van der Waals surface area contributed by atoms with Gasteiger partial charge in [-0.3, -0.25) is 14.7 Å². The van der Waals surface area contributed by atoms with Gasteiger partial charge in [-0.25, -0.2) is 0 Å². The molecule has 0 saturated carbocycles. The van der Waals surface area contributed by atoms with E-state index in [-0.39, 0.29) is 11.9 Å². The topological polar surface area (TPSA) is 90.3 Å². The van der Waals surface area contributed by atoms with Gasteiger partial charge in [0.25, 0.3) is 0 Å².